The van der Waals surface area contributed by atoms with Gasteiger partial charge in [0, 0.05) is 26.0 Å². The summed E-state index contributed by atoms with van der Waals surface area (Å²) in [5, 5.41) is 0. The Morgan fingerprint density at radius 2 is 0.794 bits per heavy atom. The van der Waals surface area contributed by atoms with Crippen molar-refractivity contribution in [3.8, 4) is 0 Å². The molecule has 0 N–H and O–H groups in total. The quantitative estimate of drug-likeness (QED) is 0.114. The van der Waals surface area contributed by atoms with E-state index in [0.717, 1.165) is 0 Å². The molecule has 0 aromatic heterocycles. The molecule has 0 aromatic carbocycles. The molecule has 1 aliphatic rings. The maximum absolute atomic E-state index is 2.62. The topological polar surface area (TPSA) is 6.48 Å². The fourth-order valence-electron chi connectivity index (χ4n) is 5.52. The normalized spacial score (nSPS) is 15.7. The van der Waals surface area contributed by atoms with Crippen molar-refractivity contribution in [1.82, 2.24) is 9.80 Å². The average molecular weight is 477 g/mol. The van der Waals surface area contributed by atoms with Crippen molar-refractivity contribution in [2.45, 2.75) is 181 Å². The van der Waals surface area contributed by atoms with Crippen molar-refractivity contribution in [3.63, 3.8) is 0 Å². The lowest BCUT2D eigenvalue weighted by Crippen LogP contribution is -2.37. The summed E-state index contributed by atoms with van der Waals surface area (Å²) < 4.78 is 0. The predicted molar refractivity (Wildman–Crippen MR) is 154 cm³/mol. The van der Waals surface area contributed by atoms with Crippen LogP contribution in [0.2, 0.25) is 0 Å². The van der Waals surface area contributed by atoms with Crippen molar-refractivity contribution in [2.75, 3.05) is 13.6 Å². The SMILES string of the molecule is CCCCCCCCCCCCCCCCC1N(C)C=CN1CCCCCCCCCCCC. The summed E-state index contributed by atoms with van der Waals surface area (Å²) in [6, 6.07) is 0. The van der Waals surface area contributed by atoms with Gasteiger partial charge >= 0.3 is 0 Å². The molecule has 0 radical (unpaired) electrons. The number of unbranched alkanes of at least 4 members (excludes halogenated alkanes) is 22. The van der Waals surface area contributed by atoms with Crippen LogP contribution in [0.5, 0.6) is 0 Å². The molecule has 202 valence electrons. The Morgan fingerprint density at radius 1 is 0.441 bits per heavy atom. The van der Waals surface area contributed by atoms with E-state index >= 15 is 0 Å². The lowest BCUT2D eigenvalue weighted by Gasteiger charge is -2.30. The van der Waals surface area contributed by atoms with Crippen molar-refractivity contribution < 1.29 is 0 Å². The smallest absolute Gasteiger partial charge is 0.100 e. The molecule has 0 fully saturated rings. The minimum Gasteiger partial charge on any atom is -0.359 e. The first-order valence-electron chi connectivity index (χ1n) is 16.0. The molecular weight excluding hydrogens is 412 g/mol. The first kappa shape index (κ1) is 31.4. The molecule has 1 unspecified atom stereocenters. The third-order valence-electron chi connectivity index (χ3n) is 7.93. The van der Waals surface area contributed by atoms with Gasteiger partial charge in [0.1, 0.15) is 6.17 Å². The molecular formula is C32H64N2. The number of hydrogen-bond acceptors (Lipinski definition) is 2. The molecule has 0 spiro atoms. The summed E-state index contributed by atoms with van der Waals surface area (Å²) in [6.45, 7) is 5.86. The van der Waals surface area contributed by atoms with Gasteiger partial charge in [-0.25, -0.2) is 0 Å². The van der Waals surface area contributed by atoms with Gasteiger partial charge < -0.3 is 9.80 Å². The van der Waals surface area contributed by atoms with Crippen LogP contribution in [-0.4, -0.2) is 29.6 Å². The lowest BCUT2D eigenvalue weighted by molar-refractivity contribution is 0.159. The van der Waals surface area contributed by atoms with E-state index < -0.39 is 0 Å². The van der Waals surface area contributed by atoms with Gasteiger partial charge in [0.15, 0.2) is 0 Å². The van der Waals surface area contributed by atoms with Gasteiger partial charge in [-0.2, -0.15) is 0 Å². The first-order chi connectivity index (χ1) is 16.8. The highest BCUT2D eigenvalue weighted by molar-refractivity contribution is 4.95. The van der Waals surface area contributed by atoms with Crippen LogP contribution < -0.4 is 0 Å². The van der Waals surface area contributed by atoms with Crippen LogP contribution >= 0.6 is 0 Å². The second-order valence-corrected chi connectivity index (χ2v) is 11.2. The zero-order valence-electron chi connectivity index (χ0n) is 24.0. The summed E-state index contributed by atoms with van der Waals surface area (Å²) in [5.74, 6) is 0. The third kappa shape index (κ3) is 17.7. The van der Waals surface area contributed by atoms with Crippen molar-refractivity contribution in [2.24, 2.45) is 0 Å². The lowest BCUT2D eigenvalue weighted by atomic mass is 10.0. The summed E-state index contributed by atoms with van der Waals surface area (Å²) in [6.07, 6.45) is 41.1. The molecule has 2 nitrogen and oxygen atoms in total. The summed E-state index contributed by atoms with van der Waals surface area (Å²) in [5.41, 5.74) is 0. The monoisotopic (exact) mass is 477 g/mol. The standard InChI is InChI=1S/C32H64N2/c1-4-6-8-10-12-14-16-17-18-19-20-22-24-26-28-32-33(3)30-31-34(32)29-27-25-23-21-15-13-11-9-7-5-2/h30-32H,4-29H2,1-3H3. The largest absolute Gasteiger partial charge is 0.359 e. The molecule has 2 heteroatoms. The van der Waals surface area contributed by atoms with Gasteiger partial charge in [-0.05, 0) is 19.3 Å². The Kier molecular flexibility index (Phi) is 22.2. The van der Waals surface area contributed by atoms with E-state index in [9.17, 15) is 0 Å². The molecule has 1 heterocycles. The predicted octanol–water partition coefficient (Wildman–Crippen LogP) is 10.8. The second kappa shape index (κ2) is 24.1. The Morgan fingerprint density at radius 3 is 1.21 bits per heavy atom. The summed E-state index contributed by atoms with van der Waals surface area (Å²) in [4.78, 5) is 5.06. The highest BCUT2D eigenvalue weighted by atomic mass is 15.4. The van der Waals surface area contributed by atoms with Crippen LogP contribution in [0, 0.1) is 0 Å². The number of hydrogen-bond donors (Lipinski definition) is 0. The molecule has 34 heavy (non-hydrogen) atoms. The van der Waals surface area contributed by atoms with Crippen LogP contribution in [-0.2, 0) is 0 Å². The maximum atomic E-state index is 2.62. The molecule has 1 aliphatic heterocycles. The first-order valence-corrected chi connectivity index (χ1v) is 16.0. The molecule has 1 atom stereocenters. The van der Waals surface area contributed by atoms with Gasteiger partial charge in [-0.15, -0.1) is 0 Å². The fraction of sp³-hybridized carbons (Fsp3) is 0.938. The average Bonchev–Trinajstić information content (AvgIpc) is 3.19. The summed E-state index contributed by atoms with van der Waals surface area (Å²) in [7, 11) is 2.27. The van der Waals surface area contributed by atoms with Gasteiger partial charge in [-0.1, -0.05) is 155 Å². The van der Waals surface area contributed by atoms with E-state index in [1.165, 1.54) is 167 Å². The van der Waals surface area contributed by atoms with Gasteiger partial charge in [-0.3, -0.25) is 0 Å². The minimum atomic E-state index is 0.621. The second-order valence-electron chi connectivity index (χ2n) is 11.2. The Hall–Kier alpha value is -0.660. The van der Waals surface area contributed by atoms with Crippen LogP contribution in [0.25, 0.3) is 0 Å². The van der Waals surface area contributed by atoms with E-state index in [-0.39, 0.29) is 0 Å². The molecule has 0 amide bonds. The van der Waals surface area contributed by atoms with E-state index in [0.29, 0.717) is 6.17 Å². The maximum Gasteiger partial charge on any atom is 0.100 e. The molecule has 0 aliphatic carbocycles. The van der Waals surface area contributed by atoms with E-state index in [1.54, 1.807) is 0 Å². The highest BCUT2D eigenvalue weighted by Crippen LogP contribution is 2.22. The van der Waals surface area contributed by atoms with Crippen LogP contribution in [0.15, 0.2) is 12.4 Å². The zero-order chi connectivity index (χ0) is 24.5. The fourth-order valence-corrected chi connectivity index (χ4v) is 5.52. The van der Waals surface area contributed by atoms with Crippen LogP contribution in [0.4, 0.5) is 0 Å². The molecule has 0 aromatic rings. The summed E-state index contributed by atoms with van der Waals surface area (Å²) >= 11 is 0. The van der Waals surface area contributed by atoms with Crippen molar-refractivity contribution >= 4 is 0 Å². The Bertz CT molecular complexity index is 433. The molecule has 1 rings (SSSR count). The van der Waals surface area contributed by atoms with Crippen molar-refractivity contribution in [1.29, 1.82) is 0 Å². The zero-order valence-corrected chi connectivity index (χ0v) is 24.0. The molecule has 0 saturated heterocycles. The van der Waals surface area contributed by atoms with Gasteiger partial charge in [0.05, 0.1) is 0 Å². The molecule has 0 saturated carbocycles. The van der Waals surface area contributed by atoms with Gasteiger partial charge in [0.25, 0.3) is 0 Å². The van der Waals surface area contributed by atoms with Crippen LogP contribution in [0.1, 0.15) is 174 Å². The van der Waals surface area contributed by atoms with E-state index in [1.807, 2.05) is 0 Å². The van der Waals surface area contributed by atoms with Gasteiger partial charge in [0.2, 0.25) is 0 Å². The van der Waals surface area contributed by atoms with Crippen molar-refractivity contribution in [3.05, 3.63) is 12.4 Å². The number of rotatable bonds is 26. The minimum absolute atomic E-state index is 0.621. The Balaban J connectivity index is 1.90. The van der Waals surface area contributed by atoms with E-state index in [4.69, 9.17) is 0 Å². The highest BCUT2D eigenvalue weighted by Gasteiger charge is 2.22. The third-order valence-corrected chi connectivity index (χ3v) is 7.93. The van der Waals surface area contributed by atoms with E-state index in [2.05, 4.69) is 43.1 Å². The number of nitrogens with zero attached hydrogens (tertiary/aromatic N) is 2. The Labute approximate surface area is 216 Å². The van der Waals surface area contributed by atoms with Crippen LogP contribution in [0.3, 0.4) is 0 Å². The molecule has 0 bridgehead atoms.